The Hall–Kier alpha value is -1.75. The van der Waals surface area contributed by atoms with Crippen LogP contribution in [0.25, 0.3) is 0 Å². The molecular weight excluding hydrogens is 176 g/mol. The number of para-hydroxylation sites is 1. The van der Waals surface area contributed by atoms with E-state index in [0.717, 1.165) is 0 Å². The summed E-state index contributed by atoms with van der Waals surface area (Å²) in [6.45, 7) is 4.00. The first-order valence-corrected chi connectivity index (χ1v) is 4.43. The third-order valence-corrected chi connectivity index (χ3v) is 1.48. The fourth-order valence-electron chi connectivity index (χ4n) is 0.910. The van der Waals surface area contributed by atoms with E-state index in [9.17, 15) is 4.79 Å². The molecule has 0 fully saturated rings. The van der Waals surface area contributed by atoms with Gasteiger partial charge in [0.1, 0.15) is 5.75 Å². The molecule has 0 saturated carbocycles. The highest BCUT2D eigenvalue weighted by Gasteiger charge is 2.07. The molecule has 0 aliphatic heterocycles. The summed E-state index contributed by atoms with van der Waals surface area (Å²) < 4.78 is 4.95. The molecule has 74 valence electrons. The van der Waals surface area contributed by atoms with E-state index in [2.05, 4.69) is 0 Å². The summed E-state index contributed by atoms with van der Waals surface area (Å²) in [5, 5.41) is 0. The van der Waals surface area contributed by atoms with Crippen LogP contribution in [0.3, 0.4) is 0 Å². The summed E-state index contributed by atoms with van der Waals surface area (Å²) in [6.07, 6.45) is 4.97. The Balaban J connectivity index is 0.000000791. The number of Topliss-reactive ketones (excluding diaryl/α,β-unsaturated/α-hetero) is 1. The molecule has 2 nitrogen and oxygen atoms in total. The van der Waals surface area contributed by atoms with Gasteiger partial charge in [0.05, 0.1) is 12.7 Å². The summed E-state index contributed by atoms with van der Waals surface area (Å²) >= 11 is 0. The molecule has 0 N–H and O–H groups in total. The third kappa shape index (κ3) is 2.95. The number of ether oxygens (including phenoxy) is 1. The molecule has 0 heterocycles. The zero-order chi connectivity index (χ0) is 11.0. The summed E-state index contributed by atoms with van der Waals surface area (Å²) in [5.41, 5.74) is 0.433. The van der Waals surface area contributed by atoms with Crippen molar-refractivity contribution in [2.45, 2.75) is 13.8 Å². The molecule has 0 aliphatic carbocycles. The standard InChI is InChI=1S/C10H8O2.C2H6/c1-3-9(11)8-6-4-5-7-10(8)12-2;1-2/h1,4-7H,2H3;1-2H3. The summed E-state index contributed by atoms with van der Waals surface area (Å²) in [4.78, 5) is 11.1. The van der Waals surface area contributed by atoms with E-state index in [1.807, 2.05) is 19.8 Å². The van der Waals surface area contributed by atoms with E-state index in [4.69, 9.17) is 11.2 Å². The van der Waals surface area contributed by atoms with Crippen molar-refractivity contribution in [2.24, 2.45) is 0 Å². The fourth-order valence-corrected chi connectivity index (χ4v) is 0.910. The highest BCUT2D eigenvalue weighted by Crippen LogP contribution is 2.16. The number of hydrogen-bond acceptors (Lipinski definition) is 2. The monoisotopic (exact) mass is 190 g/mol. The van der Waals surface area contributed by atoms with E-state index >= 15 is 0 Å². The van der Waals surface area contributed by atoms with Gasteiger partial charge in [0.2, 0.25) is 5.78 Å². The average Bonchev–Trinajstić information content (AvgIpc) is 2.30. The Kier molecular flexibility index (Phi) is 5.89. The Morgan fingerprint density at radius 1 is 1.36 bits per heavy atom. The average molecular weight is 190 g/mol. The number of terminal acetylenes is 1. The van der Waals surface area contributed by atoms with Crippen LogP contribution in [0.4, 0.5) is 0 Å². The van der Waals surface area contributed by atoms with E-state index in [1.165, 1.54) is 7.11 Å². The number of carbonyl (C=O) groups is 1. The van der Waals surface area contributed by atoms with Crippen LogP contribution in [0.1, 0.15) is 24.2 Å². The van der Waals surface area contributed by atoms with Gasteiger partial charge in [-0.2, -0.15) is 0 Å². The van der Waals surface area contributed by atoms with Crippen molar-refractivity contribution in [1.29, 1.82) is 0 Å². The number of methoxy groups -OCH3 is 1. The van der Waals surface area contributed by atoms with Crippen molar-refractivity contribution in [3.63, 3.8) is 0 Å². The molecule has 0 aliphatic rings. The van der Waals surface area contributed by atoms with Crippen LogP contribution in [0.15, 0.2) is 24.3 Å². The minimum atomic E-state index is -0.354. The number of rotatable bonds is 2. The lowest BCUT2D eigenvalue weighted by Gasteiger charge is -2.02. The minimum absolute atomic E-state index is 0.354. The van der Waals surface area contributed by atoms with Crippen LogP contribution in [-0.2, 0) is 0 Å². The molecule has 1 aromatic carbocycles. The van der Waals surface area contributed by atoms with Gasteiger partial charge >= 0.3 is 0 Å². The van der Waals surface area contributed by atoms with Gasteiger partial charge in [-0.15, -0.1) is 6.42 Å². The second-order valence-corrected chi connectivity index (χ2v) is 2.17. The van der Waals surface area contributed by atoms with E-state index < -0.39 is 0 Å². The molecular formula is C12H14O2. The van der Waals surface area contributed by atoms with Crippen LogP contribution in [0, 0.1) is 12.3 Å². The molecule has 1 aromatic rings. The Morgan fingerprint density at radius 3 is 2.43 bits per heavy atom. The molecule has 0 amide bonds. The third-order valence-electron chi connectivity index (χ3n) is 1.48. The zero-order valence-electron chi connectivity index (χ0n) is 8.70. The molecule has 0 saturated heterocycles. The van der Waals surface area contributed by atoms with Crippen molar-refractivity contribution in [3.05, 3.63) is 29.8 Å². The molecule has 0 spiro atoms. The molecule has 1 rings (SSSR count). The van der Waals surface area contributed by atoms with Gasteiger partial charge in [-0.25, -0.2) is 0 Å². The highest BCUT2D eigenvalue weighted by atomic mass is 16.5. The largest absolute Gasteiger partial charge is 0.496 e. The van der Waals surface area contributed by atoms with Crippen molar-refractivity contribution < 1.29 is 9.53 Å². The quantitative estimate of drug-likeness (QED) is 0.407. The Labute approximate surface area is 84.9 Å². The smallest absolute Gasteiger partial charge is 0.239 e. The summed E-state index contributed by atoms with van der Waals surface area (Å²) in [7, 11) is 1.50. The van der Waals surface area contributed by atoms with Gasteiger partial charge in [-0.3, -0.25) is 4.79 Å². The van der Waals surface area contributed by atoms with E-state index in [0.29, 0.717) is 11.3 Å². The number of carbonyl (C=O) groups excluding carboxylic acids is 1. The zero-order valence-corrected chi connectivity index (χ0v) is 8.70. The molecule has 0 radical (unpaired) electrons. The Morgan fingerprint density at radius 2 is 1.93 bits per heavy atom. The molecule has 14 heavy (non-hydrogen) atoms. The number of hydrogen-bond donors (Lipinski definition) is 0. The molecule has 0 bridgehead atoms. The van der Waals surface area contributed by atoms with Crippen LogP contribution >= 0.6 is 0 Å². The van der Waals surface area contributed by atoms with Gasteiger partial charge < -0.3 is 4.74 Å². The SMILES string of the molecule is C#CC(=O)c1ccccc1OC.CC. The molecule has 0 atom stereocenters. The number of benzene rings is 1. The second kappa shape index (κ2) is 6.73. The first-order chi connectivity index (χ1) is 6.79. The maximum Gasteiger partial charge on any atom is 0.239 e. The summed E-state index contributed by atoms with van der Waals surface area (Å²) in [6, 6.07) is 6.87. The van der Waals surface area contributed by atoms with Gasteiger partial charge in [0.15, 0.2) is 0 Å². The first kappa shape index (κ1) is 12.2. The van der Waals surface area contributed by atoms with Gasteiger partial charge in [0, 0.05) is 0 Å². The first-order valence-electron chi connectivity index (χ1n) is 4.43. The maximum absolute atomic E-state index is 11.1. The van der Waals surface area contributed by atoms with Crippen molar-refractivity contribution >= 4 is 5.78 Å². The van der Waals surface area contributed by atoms with Crippen molar-refractivity contribution in [2.75, 3.05) is 7.11 Å². The van der Waals surface area contributed by atoms with Gasteiger partial charge in [0.25, 0.3) is 0 Å². The lowest BCUT2D eigenvalue weighted by atomic mass is 10.1. The predicted molar refractivity (Wildman–Crippen MR) is 57.5 cm³/mol. The predicted octanol–water partition coefficient (Wildman–Crippen LogP) is 2.54. The highest BCUT2D eigenvalue weighted by molar-refractivity contribution is 6.10. The molecule has 0 unspecified atom stereocenters. The fraction of sp³-hybridized carbons (Fsp3) is 0.250. The van der Waals surface area contributed by atoms with Gasteiger partial charge in [-0.05, 0) is 18.1 Å². The lowest BCUT2D eigenvalue weighted by Crippen LogP contribution is -1.98. The van der Waals surface area contributed by atoms with Crippen molar-refractivity contribution in [3.8, 4) is 18.1 Å². The normalized spacial score (nSPS) is 7.86. The van der Waals surface area contributed by atoms with E-state index in [1.54, 1.807) is 24.3 Å². The second-order valence-electron chi connectivity index (χ2n) is 2.17. The Bertz CT molecular complexity index is 334. The summed E-state index contributed by atoms with van der Waals surface area (Å²) in [5.74, 6) is 2.20. The van der Waals surface area contributed by atoms with Crippen molar-refractivity contribution in [1.82, 2.24) is 0 Å². The van der Waals surface area contributed by atoms with Gasteiger partial charge in [-0.1, -0.05) is 26.0 Å². The van der Waals surface area contributed by atoms with Crippen LogP contribution < -0.4 is 4.74 Å². The van der Waals surface area contributed by atoms with E-state index in [-0.39, 0.29) is 5.78 Å². The minimum Gasteiger partial charge on any atom is -0.496 e. The molecule has 2 heteroatoms. The topological polar surface area (TPSA) is 26.3 Å². The molecule has 0 aromatic heterocycles. The maximum atomic E-state index is 11.1. The number of ketones is 1. The van der Waals surface area contributed by atoms with Crippen LogP contribution in [0.5, 0.6) is 5.75 Å². The van der Waals surface area contributed by atoms with Crippen LogP contribution in [0.2, 0.25) is 0 Å². The van der Waals surface area contributed by atoms with Crippen LogP contribution in [-0.4, -0.2) is 12.9 Å². The lowest BCUT2D eigenvalue weighted by molar-refractivity contribution is 0.105.